The second-order valence-electron chi connectivity index (χ2n) is 3.26. The smallest absolute Gasteiger partial charge is 0.343 e. The summed E-state index contributed by atoms with van der Waals surface area (Å²) in [7, 11) is 1.12. The summed E-state index contributed by atoms with van der Waals surface area (Å²) in [4.78, 5) is 20.8. The zero-order valence-electron chi connectivity index (χ0n) is 9.56. The van der Waals surface area contributed by atoms with Gasteiger partial charge in [-0.05, 0) is 0 Å². The van der Waals surface area contributed by atoms with Crippen LogP contribution in [0.1, 0.15) is 12.0 Å². The van der Waals surface area contributed by atoms with Crippen molar-refractivity contribution in [1.82, 2.24) is 0 Å². The van der Waals surface area contributed by atoms with E-state index < -0.39 is 35.2 Å². The van der Waals surface area contributed by atoms with Crippen molar-refractivity contribution >= 4 is 27.6 Å². The van der Waals surface area contributed by atoms with Crippen LogP contribution in [0.5, 0.6) is 5.75 Å². The van der Waals surface area contributed by atoms with Gasteiger partial charge in [0.1, 0.15) is 0 Å². The normalized spacial score (nSPS) is 10.4. The van der Waals surface area contributed by atoms with Gasteiger partial charge in [0.15, 0.2) is 12.4 Å². The first-order valence-electron chi connectivity index (χ1n) is 4.82. The van der Waals surface area contributed by atoms with Gasteiger partial charge >= 0.3 is 11.7 Å². The lowest BCUT2D eigenvalue weighted by atomic mass is 10.2. The monoisotopic (exact) mass is 339 g/mol. The van der Waals surface area contributed by atoms with Crippen LogP contribution < -0.4 is 4.74 Å². The van der Waals surface area contributed by atoms with E-state index in [1.54, 1.807) is 0 Å². The number of nitro benzene ring substituents is 1. The lowest BCUT2D eigenvalue weighted by Gasteiger charge is -2.09. The molecule has 0 atom stereocenters. The van der Waals surface area contributed by atoms with Crippen molar-refractivity contribution in [2.24, 2.45) is 0 Å². The SMILES string of the molecule is COC(=O)COc1cc(Br)c(C(F)F)cc1[N+](=O)[O-]. The topological polar surface area (TPSA) is 78.7 Å². The summed E-state index contributed by atoms with van der Waals surface area (Å²) in [5.41, 5.74) is -1.18. The van der Waals surface area contributed by atoms with Crippen molar-refractivity contribution in [2.45, 2.75) is 6.43 Å². The Kier molecular flexibility index (Phi) is 5.16. The second-order valence-corrected chi connectivity index (χ2v) is 4.12. The second kappa shape index (κ2) is 6.41. The molecule has 0 amide bonds. The fourth-order valence-corrected chi connectivity index (χ4v) is 1.68. The summed E-state index contributed by atoms with van der Waals surface area (Å²) in [5.74, 6) is -1.05. The molecule has 0 unspecified atom stereocenters. The first-order chi connectivity index (χ1) is 8.86. The maximum absolute atomic E-state index is 12.6. The Morgan fingerprint density at radius 1 is 1.53 bits per heavy atom. The Hall–Kier alpha value is -1.77. The number of rotatable bonds is 5. The molecule has 6 nitrogen and oxygen atoms in total. The third kappa shape index (κ3) is 3.85. The molecule has 0 bridgehead atoms. The molecule has 1 aromatic rings. The van der Waals surface area contributed by atoms with Gasteiger partial charge in [-0.1, -0.05) is 15.9 Å². The zero-order valence-corrected chi connectivity index (χ0v) is 11.1. The number of benzene rings is 1. The molecule has 1 aromatic carbocycles. The molecular formula is C10H8BrF2NO5. The molecule has 19 heavy (non-hydrogen) atoms. The van der Waals surface area contributed by atoms with Crippen LogP contribution in [-0.4, -0.2) is 24.6 Å². The van der Waals surface area contributed by atoms with Crippen LogP contribution in [0.25, 0.3) is 0 Å². The maximum atomic E-state index is 12.6. The fourth-order valence-electron chi connectivity index (χ4n) is 1.18. The van der Waals surface area contributed by atoms with E-state index in [0.717, 1.165) is 13.2 Å². The third-order valence-electron chi connectivity index (χ3n) is 2.08. The van der Waals surface area contributed by atoms with Gasteiger partial charge in [0.05, 0.1) is 12.0 Å². The minimum absolute atomic E-state index is 0.0482. The number of esters is 1. The molecule has 9 heteroatoms. The number of hydrogen-bond donors (Lipinski definition) is 0. The standard InChI is InChI=1S/C10H8BrF2NO5/c1-18-9(15)4-19-8-3-6(11)5(10(12)13)2-7(8)14(16)17/h2-3,10H,4H2,1H3. The van der Waals surface area contributed by atoms with E-state index >= 15 is 0 Å². The van der Waals surface area contributed by atoms with Crippen LogP contribution in [0.3, 0.4) is 0 Å². The molecule has 1 rings (SSSR count). The molecule has 0 spiro atoms. The largest absolute Gasteiger partial charge is 0.475 e. The van der Waals surface area contributed by atoms with Crippen molar-refractivity contribution in [1.29, 1.82) is 0 Å². The lowest BCUT2D eigenvalue weighted by molar-refractivity contribution is -0.386. The van der Waals surface area contributed by atoms with Crippen LogP contribution in [0.4, 0.5) is 14.5 Å². The quantitative estimate of drug-likeness (QED) is 0.468. The maximum Gasteiger partial charge on any atom is 0.343 e. The highest BCUT2D eigenvalue weighted by Gasteiger charge is 2.23. The third-order valence-corrected chi connectivity index (χ3v) is 2.77. The van der Waals surface area contributed by atoms with Crippen LogP contribution in [0.2, 0.25) is 0 Å². The van der Waals surface area contributed by atoms with Gasteiger partial charge in [0.25, 0.3) is 6.43 Å². The van der Waals surface area contributed by atoms with E-state index in [1.807, 2.05) is 0 Å². The summed E-state index contributed by atoms with van der Waals surface area (Å²) < 4.78 is 34.3. The van der Waals surface area contributed by atoms with Crippen LogP contribution >= 0.6 is 15.9 Å². The number of nitrogens with zero attached hydrogens (tertiary/aromatic N) is 1. The molecule has 0 fully saturated rings. The number of methoxy groups -OCH3 is 1. The van der Waals surface area contributed by atoms with E-state index in [4.69, 9.17) is 4.74 Å². The predicted octanol–water partition coefficient (Wildman–Crippen LogP) is 2.85. The van der Waals surface area contributed by atoms with Gasteiger partial charge in [-0.3, -0.25) is 10.1 Å². The molecule has 0 aliphatic rings. The minimum atomic E-state index is -2.87. The number of carbonyl (C=O) groups excluding carboxylic acids is 1. The summed E-state index contributed by atoms with van der Waals surface area (Å²) in [6.07, 6.45) is -2.87. The van der Waals surface area contributed by atoms with E-state index in [-0.39, 0.29) is 10.2 Å². The first-order valence-corrected chi connectivity index (χ1v) is 5.61. The Balaban J connectivity index is 3.12. The average molecular weight is 340 g/mol. The lowest BCUT2D eigenvalue weighted by Crippen LogP contribution is -2.13. The average Bonchev–Trinajstić information content (AvgIpc) is 2.34. The molecule has 0 radical (unpaired) electrons. The Morgan fingerprint density at radius 3 is 2.63 bits per heavy atom. The molecule has 0 saturated carbocycles. The number of ether oxygens (including phenoxy) is 2. The van der Waals surface area contributed by atoms with Gasteiger partial charge in [-0.15, -0.1) is 0 Å². The highest BCUT2D eigenvalue weighted by atomic mass is 79.9. The van der Waals surface area contributed by atoms with Gasteiger partial charge in [0.2, 0.25) is 0 Å². The highest BCUT2D eigenvalue weighted by Crippen LogP contribution is 2.37. The van der Waals surface area contributed by atoms with Crippen LogP contribution in [0.15, 0.2) is 16.6 Å². The zero-order chi connectivity index (χ0) is 14.6. The van der Waals surface area contributed by atoms with Crippen molar-refractivity contribution < 1.29 is 28.0 Å². The summed E-state index contributed by atoms with van der Waals surface area (Å²) in [6.45, 7) is -0.558. The molecular weight excluding hydrogens is 332 g/mol. The van der Waals surface area contributed by atoms with E-state index in [0.29, 0.717) is 6.07 Å². The summed E-state index contributed by atoms with van der Waals surface area (Å²) in [5, 5.41) is 10.8. The Labute approximate surface area is 114 Å². The summed E-state index contributed by atoms with van der Waals surface area (Å²) >= 11 is 2.86. The van der Waals surface area contributed by atoms with Crippen LogP contribution in [0, 0.1) is 10.1 Å². The molecule has 0 saturated heterocycles. The number of carbonyl (C=O) groups is 1. The molecule has 0 aliphatic heterocycles. The molecule has 0 N–H and O–H groups in total. The summed E-state index contributed by atoms with van der Waals surface area (Å²) in [6, 6.07) is 1.71. The Morgan fingerprint density at radius 2 is 2.16 bits per heavy atom. The van der Waals surface area contributed by atoms with Crippen molar-refractivity contribution in [3.05, 3.63) is 32.3 Å². The molecule has 0 aromatic heterocycles. The first kappa shape index (κ1) is 15.3. The van der Waals surface area contributed by atoms with Gasteiger partial charge in [-0.25, -0.2) is 13.6 Å². The minimum Gasteiger partial charge on any atom is -0.475 e. The number of nitro groups is 1. The van der Waals surface area contributed by atoms with Crippen molar-refractivity contribution in [3.63, 3.8) is 0 Å². The van der Waals surface area contributed by atoms with Gasteiger partial charge in [0, 0.05) is 22.2 Å². The number of alkyl halides is 2. The number of halogens is 3. The van der Waals surface area contributed by atoms with Gasteiger partial charge < -0.3 is 9.47 Å². The van der Waals surface area contributed by atoms with Crippen molar-refractivity contribution in [3.8, 4) is 5.75 Å². The highest BCUT2D eigenvalue weighted by molar-refractivity contribution is 9.10. The molecule has 104 valence electrons. The molecule has 0 heterocycles. The fraction of sp³-hybridized carbons (Fsp3) is 0.300. The number of hydrogen-bond acceptors (Lipinski definition) is 5. The Bertz CT molecular complexity index is 509. The van der Waals surface area contributed by atoms with Crippen LogP contribution in [-0.2, 0) is 9.53 Å². The van der Waals surface area contributed by atoms with Crippen molar-refractivity contribution in [2.75, 3.05) is 13.7 Å². The van der Waals surface area contributed by atoms with Gasteiger partial charge in [-0.2, -0.15) is 0 Å². The van der Waals surface area contributed by atoms with E-state index in [2.05, 4.69) is 20.7 Å². The van der Waals surface area contributed by atoms with E-state index in [9.17, 15) is 23.7 Å². The molecule has 0 aliphatic carbocycles. The van der Waals surface area contributed by atoms with E-state index in [1.165, 1.54) is 0 Å². The predicted molar refractivity (Wildman–Crippen MR) is 63.3 cm³/mol.